The number of amides is 1. The zero-order valence-electron chi connectivity index (χ0n) is 20.2. The predicted octanol–water partition coefficient (Wildman–Crippen LogP) is 5.42. The van der Waals surface area contributed by atoms with E-state index >= 15 is 0 Å². The minimum absolute atomic E-state index is 0.0231. The fourth-order valence-corrected chi connectivity index (χ4v) is 4.83. The molecule has 0 bridgehead atoms. The summed E-state index contributed by atoms with van der Waals surface area (Å²) in [4.78, 5) is 20.0. The smallest absolute Gasteiger partial charge is 0.258 e. The van der Waals surface area contributed by atoms with Gasteiger partial charge < -0.3 is 10.2 Å². The number of aryl methyl sites for hydroxylation is 1. The number of aromatic nitrogens is 3. The van der Waals surface area contributed by atoms with Gasteiger partial charge in [0.1, 0.15) is 11.9 Å². The molecule has 7 nitrogen and oxygen atoms in total. The van der Waals surface area contributed by atoms with Gasteiger partial charge in [-0.2, -0.15) is 10.4 Å². The number of nitrogens with one attached hydrogen (secondary N) is 1. The summed E-state index contributed by atoms with van der Waals surface area (Å²) in [6.45, 7) is 0. The SMILES string of the molecule is Cn1cc(-c2ccc(N(C(=O)c3ccccc3)C3CCC(Nc4ccc(C#N)cn4)CC3)cc2)cn1. The van der Waals surface area contributed by atoms with Crippen molar-refractivity contribution in [1.82, 2.24) is 14.8 Å². The molecular weight excluding hydrogens is 448 g/mol. The number of anilines is 2. The van der Waals surface area contributed by atoms with Gasteiger partial charge in [0.15, 0.2) is 0 Å². The quantitative estimate of drug-likeness (QED) is 0.401. The van der Waals surface area contributed by atoms with Crippen LogP contribution in [0.15, 0.2) is 85.3 Å². The first-order chi connectivity index (χ1) is 17.6. The van der Waals surface area contributed by atoms with E-state index in [0.717, 1.165) is 48.3 Å². The van der Waals surface area contributed by atoms with Crippen molar-refractivity contribution in [2.24, 2.45) is 7.05 Å². The normalized spacial score (nSPS) is 17.2. The second-order valence-corrected chi connectivity index (χ2v) is 9.18. The summed E-state index contributed by atoms with van der Waals surface area (Å²) in [7, 11) is 1.90. The summed E-state index contributed by atoms with van der Waals surface area (Å²) in [6, 6.07) is 23.8. The van der Waals surface area contributed by atoms with Gasteiger partial charge in [-0.25, -0.2) is 4.98 Å². The van der Waals surface area contributed by atoms with Crippen molar-refractivity contribution in [1.29, 1.82) is 5.26 Å². The second-order valence-electron chi connectivity index (χ2n) is 9.18. The lowest BCUT2D eigenvalue weighted by Crippen LogP contribution is -2.44. The van der Waals surface area contributed by atoms with Crippen LogP contribution in [0.5, 0.6) is 0 Å². The Morgan fingerprint density at radius 1 is 0.972 bits per heavy atom. The van der Waals surface area contributed by atoms with Gasteiger partial charge in [0.25, 0.3) is 5.91 Å². The average molecular weight is 477 g/mol. The molecule has 0 radical (unpaired) electrons. The van der Waals surface area contributed by atoms with Gasteiger partial charge in [0.05, 0.1) is 11.8 Å². The second kappa shape index (κ2) is 10.4. The number of rotatable bonds is 6. The van der Waals surface area contributed by atoms with E-state index in [2.05, 4.69) is 33.6 Å². The summed E-state index contributed by atoms with van der Waals surface area (Å²) < 4.78 is 1.79. The third-order valence-electron chi connectivity index (χ3n) is 6.73. The van der Waals surface area contributed by atoms with Crippen molar-refractivity contribution in [2.45, 2.75) is 37.8 Å². The first kappa shape index (κ1) is 23.3. The Kier molecular flexibility index (Phi) is 6.76. The van der Waals surface area contributed by atoms with Crippen LogP contribution in [0.2, 0.25) is 0 Å². The monoisotopic (exact) mass is 476 g/mol. The molecule has 0 aliphatic heterocycles. The minimum atomic E-state index is 0.0231. The van der Waals surface area contributed by atoms with Crippen LogP contribution in [0.1, 0.15) is 41.6 Å². The van der Waals surface area contributed by atoms with Gasteiger partial charge in [0, 0.05) is 48.3 Å². The Balaban J connectivity index is 1.34. The fourth-order valence-electron chi connectivity index (χ4n) is 4.83. The molecule has 2 heterocycles. The third kappa shape index (κ3) is 5.13. The van der Waals surface area contributed by atoms with Crippen LogP contribution in [-0.2, 0) is 7.05 Å². The van der Waals surface area contributed by atoms with Gasteiger partial charge in [-0.3, -0.25) is 9.48 Å². The topological polar surface area (TPSA) is 86.8 Å². The summed E-state index contributed by atoms with van der Waals surface area (Å²) in [5, 5.41) is 16.7. The first-order valence-corrected chi connectivity index (χ1v) is 12.2. The molecule has 180 valence electrons. The van der Waals surface area contributed by atoms with Crippen LogP contribution in [0.25, 0.3) is 11.1 Å². The number of nitriles is 1. The molecule has 2 aromatic heterocycles. The number of pyridine rings is 1. The fraction of sp³-hybridized carbons (Fsp3) is 0.241. The van der Waals surface area contributed by atoms with Crippen LogP contribution in [0.4, 0.5) is 11.5 Å². The van der Waals surface area contributed by atoms with Crippen LogP contribution in [0.3, 0.4) is 0 Å². The molecule has 7 heteroatoms. The molecule has 2 aromatic carbocycles. The molecule has 1 N–H and O–H groups in total. The minimum Gasteiger partial charge on any atom is -0.367 e. The van der Waals surface area contributed by atoms with Crippen molar-refractivity contribution < 1.29 is 4.79 Å². The largest absolute Gasteiger partial charge is 0.367 e. The third-order valence-corrected chi connectivity index (χ3v) is 6.73. The van der Waals surface area contributed by atoms with E-state index in [1.165, 1.54) is 0 Å². The molecule has 0 saturated heterocycles. The van der Waals surface area contributed by atoms with Crippen LogP contribution >= 0.6 is 0 Å². The summed E-state index contributed by atoms with van der Waals surface area (Å²) in [5.41, 5.74) is 4.26. The van der Waals surface area contributed by atoms with E-state index in [0.29, 0.717) is 11.1 Å². The Hall–Kier alpha value is -4.44. The van der Waals surface area contributed by atoms with Gasteiger partial charge in [0.2, 0.25) is 0 Å². The van der Waals surface area contributed by atoms with Crippen molar-refractivity contribution >= 4 is 17.4 Å². The lowest BCUT2D eigenvalue weighted by atomic mass is 9.89. The zero-order valence-corrected chi connectivity index (χ0v) is 20.2. The maximum absolute atomic E-state index is 13.7. The predicted molar refractivity (Wildman–Crippen MR) is 141 cm³/mol. The molecule has 1 fully saturated rings. The molecule has 5 rings (SSSR count). The number of hydrogen-bond acceptors (Lipinski definition) is 5. The standard InChI is InChI=1S/C29H28N6O/c1-34-20-24(19-32-34)22-8-12-26(13-9-22)35(29(36)23-5-3-2-4-6-23)27-14-10-25(11-15-27)33-28-16-7-21(17-30)18-31-28/h2-9,12-13,16,18-20,25,27H,10-11,14-15H2,1H3,(H,31,33). The molecule has 36 heavy (non-hydrogen) atoms. The van der Waals surface area contributed by atoms with E-state index < -0.39 is 0 Å². The van der Waals surface area contributed by atoms with Crippen molar-refractivity contribution in [2.75, 3.05) is 10.2 Å². The average Bonchev–Trinajstić information content (AvgIpc) is 3.37. The van der Waals surface area contributed by atoms with Crippen LogP contribution in [0, 0.1) is 11.3 Å². The summed E-state index contributed by atoms with van der Waals surface area (Å²) in [6.07, 6.45) is 9.05. The zero-order chi connectivity index (χ0) is 24.9. The molecular formula is C29H28N6O. The van der Waals surface area contributed by atoms with Crippen molar-refractivity contribution in [3.05, 3.63) is 96.4 Å². The summed E-state index contributed by atoms with van der Waals surface area (Å²) >= 11 is 0. The van der Waals surface area contributed by atoms with Gasteiger partial charge in [-0.1, -0.05) is 30.3 Å². The van der Waals surface area contributed by atoms with Crippen molar-refractivity contribution in [3.8, 4) is 17.2 Å². The highest BCUT2D eigenvalue weighted by Crippen LogP contribution is 2.32. The molecule has 4 aromatic rings. The Labute approximate surface area is 211 Å². The molecule has 0 unspecified atom stereocenters. The molecule has 1 aliphatic rings. The summed E-state index contributed by atoms with van der Waals surface area (Å²) in [5.74, 6) is 0.801. The first-order valence-electron chi connectivity index (χ1n) is 12.2. The van der Waals surface area contributed by atoms with E-state index in [9.17, 15) is 4.79 Å². The van der Waals surface area contributed by atoms with E-state index in [-0.39, 0.29) is 18.0 Å². The number of carbonyl (C=O) groups is 1. The van der Waals surface area contributed by atoms with Crippen LogP contribution < -0.4 is 10.2 Å². The molecule has 1 saturated carbocycles. The molecule has 1 aliphatic carbocycles. The number of carbonyl (C=O) groups excluding carboxylic acids is 1. The molecule has 0 spiro atoms. The van der Waals surface area contributed by atoms with E-state index in [1.807, 2.05) is 72.9 Å². The van der Waals surface area contributed by atoms with Crippen LogP contribution in [-0.4, -0.2) is 32.8 Å². The van der Waals surface area contributed by atoms with Gasteiger partial charge in [-0.15, -0.1) is 0 Å². The maximum atomic E-state index is 13.7. The van der Waals surface area contributed by atoms with Gasteiger partial charge >= 0.3 is 0 Å². The molecule has 1 amide bonds. The number of nitrogens with zero attached hydrogens (tertiary/aromatic N) is 5. The highest BCUT2D eigenvalue weighted by atomic mass is 16.2. The molecule has 0 atom stereocenters. The lowest BCUT2D eigenvalue weighted by molar-refractivity contribution is 0.0970. The highest BCUT2D eigenvalue weighted by molar-refractivity contribution is 6.06. The van der Waals surface area contributed by atoms with E-state index in [1.54, 1.807) is 16.9 Å². The number of hydrogen-bond donors (Lipinski definition) is 1. The van der Waals surface area contributed by atoms with Crippen molar-refractivity contribution in [3.63, 3.8) is 0 Å². The number of benzene rings is 2. The highest BCUT2D eigenvalue weighted by Gasteiger charge is 2.30. The van der Waals surface area contributed by atoms with Gasteiger partial charge in [-0.05, 0) is 67.6 Å². The maximum Gasteiger partial charge on any atom is 0.258 e. The Morgan fingerprint density at radius 3 is 2.33 bits per heavy atom. The Morgan fingerprint density at radius 2 is 1.72 bits per heavy atom. The Bertz CT molecular complexity index is 1350. The lowest BCUT2D eigenvalue weighted by Gasteiger charge is -2.37. The van der Waals surface area contributed by atoms with E-state index in [4.69, 9.17) is 5.26 Å².